The number of benzene rings is 3. The number of anilines is 1. The lowest BCUT2D eigenvalue weighted by molar-refractivity contribution is -0.927. The summed E-state index contributed by atoms with van der Waals surface area (Å²) >= 11 is 1.77. The van der Waals surface area contributed by atoms with Gasteiger partial charge in [-0.05, 0) is 52.4 Å². The van der Waals surface area contributed by atoms with E-state index in [1.54, 1.807) is 18.4 Å². The molecule has 0 spiro atoms. The van der Waals surface area contributed by atoms with Crippen LogP contribution in [0.4, 0.5) is 5.13 Å². The van der Waals surface area contributed by atoms with Gasteiger partial charge in [-0.25, -0.2) is 9.67 Å². The molecule has 5 aromatic rings. The lowest BCUT2D eigenvalue weighted by Crippen LogP contribution is -3.15. The summed E-state index contributed by atoms with van der Waals surface area (Å²) in [5.41, 5.74) is 3.43. The van der Waals surface area contributed by atoms with E-state index in [1.165, 1.54) is 20.7 Å². The molecule has 1 aliphatic rings. The lowest BCUT2D eigenvalue weighted by atomic mass is 10.0. The Balaban J connectivity index is 1.28. The van der Waals surface area contributed by atoms with Gasteiger partial charge in [-0.2, -0.15) is 0 Å². The molecule has 0 unspecified atom stereocenters. The van der Waals surface area contributed by atoms with E-state index in [2.05, 4.69) is 62.9 Å². The smallest absolute Gasteiger partial charge is 0.214 e. The number of hydrogen-bond donors (Lipinski definition) is 1. The van der Waals surface area contributed by atoms with E-state index in [0.29, 0.717) is 6.54 Å². The van der Waals surface area contributed by atoms with Gasteiger partial charge >= 0.3 is 0 Å². The summed E-state index contributed by atoms with van der Waals surface area (Å²) in [5.74, 6) is 1.73. The van der Waals surface area contributed by atoms with Crippen molar-refractivity contribution in [3.05, 3.63) is 95.8 Å². The number of fused-ring (bicyclic) bond motifs is 1. The van der Waals surface area contributed by atoms with Gasteiger partial charge in [0.05, 0.1) is 50.1 Å². The molecule has 3 heterocycles. The monoisotopic (exact) mass is 498 g/mol. The maximum Gasteiger partial charge on any atom is 0.214 e. The summed E-state index contributed by atoms with van der Waals surface area (Å²) in [6.07, 6.45) is 0. The number of nitrogens with one attached hydrogen (secondary N) is 1. The van der Waals surface area contributed by atoms with Crippen LogP contribution in [0.1, 0.15) is 23.0 Å². The number of para-hydroxylation sites is 1. The Kier molecular flexibility index (Phi) is 6.31. The number of rotatable bonds is 7. The van der Waals surface area contributed by atoms with Crippen LogP contribution in [0.5, 0.6) is 5.75 Å². The van der Waals surface area contributed by atoms with Crippen molar-refractivity contribution in [3.63, 3.8) is 0 Å². The van der Waals surface area contributed by atoms with E-state index in [4.69, 9.17) is 9.72 Å². The van der Waals surface area contributed by atoms with Crippen LogP contribution in [-0.4, -0.2) is 58.5 Å². The van der Waals surface area contributed by atoms with Gasteiger partial charge in [0.2, 0.25) is 5.82 Å². The maximum absolute atomic E-state index is 5.41. The van der Waals surface area contributed by atoms with Crippen molar-refractivity contribution in [1.29, 1.82) is 0 Å². The zero-order valence-electron chi connectivity index (χ0n) is 20.1. The van der Waals surface area contributed by atoms with Crippen LogP contribution in [0.3, 0.4) is 0 Å². The van der Waals surface area contributed by atoms with Crippen molar-refractivity contribution >= 4 is 26.7 Å². The molecule has 1 saturated heterocycles. The Morgan fingerprint density at radius 1 is 0.944 bits per heavy atom. The van der Waals surface area contributed by atoms with E-state index >= 15 is 0 Å². The summed E-state index contributed by atoms with van der Waals surface area (Å²) in [7, 11) is 1.69. The van der Waals surface area contributed by atoms with Gasteiger partial charge < -0.3 is 14.5 Å². The molecule has 8 nitrogen and oxygen atoms in total. The Labute approximate surface area is 213 Å². The molecular formula is C27H28N7OS+. The fourth-order valence-electron chi connectivity index (χ4n) is 4.92. The highest BCUT2D eigenvalue weighted by atomic mass is 32.1. The zero-order valence-corrected chi connectivity index (χ0v) is 20.9. The second kappa shape index (κ2) is 10.0. The third kappa shape index (κ3) is 4.55. The van der Waals surface area contributed by atoms with Gasteiger partial charge in [-0.1, -0.05) is 53.8 Å². The highest BCUT2D eigenvalue weighted by molar-refractivity contribution is 7.22. The van der Waals surface area contributed by atoms with Gasteiger partial charge in [-0.15, -0.1) is 5.10 Å². The van der Waals surface area contributed by atoms with Crippen LogP contribution in [0.2, 0.25) is 0 Å². The average molecular weight is 499 g/mol. The Bertz CT molecular complexity index is 1390. The van der Waals surface area contributed by atoms with Crippen molar-refractivity contribution in [3.8, 4) is 5.75 Å². The molecule has 0 amide bonds. The van der Waals surface area contributed by atoms with E-state index in [1.807, 2.05) is 41.1 Å². The minimum absolute atomic E-state index is 0.0205. The number of thiazole rings is 1. The van der Waals surface area contributed by atoms with Crippen LogP contribution in [0.15, 0.2) is 78.9 Å². The number of piperazine rings is 1. The number of tetrazole rings is 1. The van der Waals surface area contributed by atoms with E-state index < -0.39 is 0 Å². The molecule has 0 saturated carbocycles. The third-order valence-electron chi connectivity index (χ3n) is 6.81. The minimum Gasteiger partial charge on any atom is -0.497 e. The number of methoxy groups -OCH3 is 1. The molecule has 0 bridgehead atoms. The molecule has 182 valence electrons. The van der Waals surface area contributed by atoms with Crippen molar-refractivity contribution in [2.75, 3.05) is 38.2 Å². The van der Waals surface area contributed by atoms with Crippen molar-refractivity contribution < 1.29 is 9.64 Å². The van der Waals surface area contributed by atoms with Crippen molar-refractivity contribution in [2.24, 2.45) is 0 Å². The standard InChI is InChI=1S/C27H27N7OS/c1-35-22-13-11-21(12-14-22)25(26-29-30-31-34(26)19-20-7-3-2-4-8-20)32-15-17-33(18-16-32)27-28-23-9-5-6-10-24(23)36-27/h2-14,25H,15-19H2,1H3/p+1/t25-/m0/s1. The van der Waals surface area contributed by atoms with Crippen molar-refractivity contribution in [1.82, 2.24) is 25.2 Å². The van der Waals surface area contributed by atoms with Crippen molar-refractivity contribution in [2.45, 2.75) is 12.6 Å². The molecule has 1 aliphatic heterocycles. The predicted octanol–water partition coefficient (Wildman–Crippen LogP) is 2.83. The fourth-order valence-corrected chi connectivity index (χ4v) is 5.94. The molecular weight excluding hydrogens is 470 g/mol. The fraction of sp³-hybridized carbons (Fsp3) is 0.259. The van der Waals surface area contributed by atoms with Gasteiger partial charge in [0.15, 0.2) is 11.2 Å². The van der Waals surface area contributed by atoms with Gasteiger partial charge in [0.1, 0.15) is 5.75 Å². The van der Waals surface area contributed by atoms with Gasteiger partial charge in [0, 0.05) is 5.56 Å². The second-order valence-electron chi connectivity index (χ2n) is 9.00. The first-order chi connectivity index (χ1) is 17.8. The predicted molar refractivity (Wildman–Crippen MR) is 141 cm³/mol. The summed E-state index contributed by atoms with van der Waals surface area (Å²) in [6.45, 7) is 4.43. The number of ether oxygens (including phenoxy) is 1. The molecule has 3 aromatic carbocycles. The summed E-state index contributed by atoms with van der Waals surface area (Å²) in [6, 6.07) is 27.0. The Morgan fingerprint density at radius 2 is 1.69 bits per heavy atom. The maximum atomic E-state index is 5.41. The molecule has 1 atom stereocenters. The summed E-state index contributed by atoms with van der Waals surface area (Å²) in [5, 5.41) is 14.1. The normalized spacial score (nSPS) is 15.3. The highest BCUT2D eigenvalue weighted by Crippen LogP contribution is 2.29. The van der Waals surface area contributed by atoms with E-state index in [-0.39, 0.29) is 6.04 Å². The van der Waals surface area contributed by atoms with E-state index in [0.717, 1.165) is 48.4 Å². The summed E-state index contributed by atoms with van der Waals surface area (Å²) < 4.78 is 8.59. The molecule has 0 radical (unpaired) electrons. The molecule has 9 heteroatoms. The van der Waals surface area contributed by atoms with Crippen LogP contribution < -0.4 is 14.5 Å². The summed E-state index contributed by atoms with van der Waals surface area (Å²) in [4.78, 5) is 8.73. The average Bonchev–Trinajstić information content (AvgIpc) is 3.57. The zero-order chi connectivity index (χ0) is 24.3. The lowest BCUT2D eigenvalue weighted by Gasteiger charge is -2.36. The second-order valence-corrected chi connectivity index (χ2v) is 10.0. The molecule has 1 N–H and O–H groups in total. The largest absolute Gasteiger partial charge is 0.497 e. The van der Waals surface area contributed by atoms with Crippen LogP contribution >= 0.6 is 11.3 Å². The molecule has 0 aliphatic carbocycles. The van der Waals surface area contributed by atoms with E-state index in [9.17, 15) is 0 Å². The number of hydrogen-bond acceptors (Lipinski definition) is 7. The number of quaternary nitrogens is 1. The quantitative estimate of drug-likeness (QED) is 0.372. The topological polar surface area (TPSA) is 73.4 Å². The van der Waals surface area contributed by atoms with Crippen LogP contribution in [-0.2, 0) is 6.54 Å². The minimum atomic E-state index is 0.0205. The molecule has 2 aromatic heterocycles. The Morgan fingerprint density at radius 3 is 2.44 bits per heavy atom. The first kappa shape index (κ1) is 22.6. The Hall–Kier alpha value is -3.82. The highest BCUT2D eigenvalue weighted by Gasteiger charge is 2.35. The molecule has 6 rings (SSSR count). The molecule has 1 fully saturated rings. The third-order valence-corrected chi connectivity index (χ3v) is 7.91. The number of aromatic nitrogens is 5. The number of nitrogens with zero attached hydrogens (tertiary/aromatic N) is 6. The molecule has 36 heavy (non-hydrogen) atoms. The van der Waals surface area contributed by atoms with Crippen LogP contribution in [0.25, 0.3) is 10.2 Å². The van der Waals surface area contributed by atoms with Crippen LogP contribution in [0, 0.1) is 0 Å². The van der Waals surface area contributed by atoms with Gasteiger partial charge in [-0.3, -0.25) is 0 Å². The van der Waals surface area contributed by atoms with Gasteiger partial charge in [0.25, 0.3) is 0 Å². The first-order valence-electron chi connectivity index (χ1n) is 12.2. The first-order valence-corrected chi connectivity index (χ1v) is 13.0. The SMILES string of the molecule is COc1ccc([C@@H](c2nnnn2Cc2ccccc2)[NH+]2CCN(c3nc4ccccc4s3)CC2)cc1.